The third kappa shape index (κ3) is 7.18. The molecular formula is C30H45IO14S3. The molecule has 0 spiro atoms. The van der Waals surface area contributed by atoms with Gasteiger partial charge in [0.15, 0.2) is 3.77 Å². The molecule has 1 aromatic rings. The molecule has 5 rings (SSSR count). The van der Waals surface area contributed by atoms with Crippen molar-refractivity contribution >= 4 is 53.8 Å². The van der Waals surface area contributed by atoms with Gasteiger partial charge in [-0.05, 0) is 114 Å². The van der Waals surface area contributed by atoms with Gasteiger partial charge in [-0.1, -0.05) is 46.3 Å². The summed E-state index contributed by atoms with van der Waals surface area (Å²) >= 11 is 2.20. The minimum atomic E-state index is -5.29. The van der Waals surface area contributed by atoms with Crippen LogP contribution in [0.2, 0.25) is 0 Å². The highest BCUT2D eigenvalue weighted by Gasteiger charge is 2.68. The first-order chi connectivity index (χ1) is 21.9. The minimum Gasteiger partial charge on any atom is -0.458 e. The van der Waals surface area contributed by atoms with E-state index < -0.39 is 72.4 Å². The van der Waals surface area contributed by atoms with Crippen LogP contribution in [-0.2, 0) is 43.7 Å². The molecule has 3 saturated carbocycles. The molecule has 3 fully saturated rings. The molecule has 1 aromatic heterocycles. The van der Waals surface area contributed by atoms with Crippen LogP contribution in [0.5, 0.6) is 0 Å². The van der Waals surface area contributed by atoms with Gasteiger partial charge in [-0.3, -0.25) is 13.7 Å². The number of aliphatic hydroxyl groups is 1. The van der Waals surface area contributed by atoms with Crippen molar-refractivity contribution in [2.75, 3.05) is 0 Å². The topological polar surface area (TPSA) is 224 Å². The summed E-state index contributed by atoms with van der Waals surface area (Å²) in [5.74, 6) is -0.633. The van der Waals surface area contributed by atoms with E-state index in [1.165, 1.54) is 5.56 Å². The van der Waals surface area contributed by atoms with E-state index in [0.717, 1.165) is 35.0 Å². The maximum atomic E-state index is 12.2. The summed E-state index contributed by atoms with van der Waals surface area (Å²) in [6.07, 6.45) is 0.464. The van der Waals surface area contributed by atoms with Gasteiger partial charge in [0.1, 0.15) is 12.2 Å². The van der Waals surface area contributed by atoms with Crippen LogP contribution in [0.3, 0.4) is 0 Å². The lowest BCUT2D eigenvalue weighted by Gasteiger charge is -2.63. The van der Waals surface area contributed by atoms with Crippen LogP contribution >= 0.6 is 22.6 Å². The molecule has 0 aromatic carbocycles. The third-order valence-corrected chi connectivity index (χ3v) is 14.9. The largest absolute Gasteiger partial charge is 0.458 e. The predicted molar refractivity (Wildman–Crippen MR) is 179 cm³/mol. The molecule has 18 heteroatoms. The Labute approximate surface area is 296 Å². The lowest BCUT2D eigenvalue weighted by atomic mass is 9.43. The van der Waals surface area contributed by atoms with Crippen LogP contribution in [-0.4, -0.2) is 68.4 Å². The Morgan fingerprint density at radius 2 is 1.54 bits per heavy atom. The molecule has 1 unspecified atom stereocenters. The molecule has 4 N–H and O–H groups in total. The molecule has 0 saturated heterocycles. The van der Waals surface area contributed by atoms with E-state index in [-0.39, 0.29) is 24.2 Å². The number of hydrogen-bond donors (Lipinski definition) is 4. The molecular weight excluding hydrogens is 807 g/mol. The predicted octanol–water partition coefficient (Wildman–Crippen LogP) is 5.13. The first kappa shape index (κ1) is 38.5. The fraction of sp³-hybridized carbons (Fsp3) is 0.800. The summed E-state index contributed by atoms with van der Waals surface area (Å²) in [5.41, 5.74) is 0.0429. The van der Waals surface area contributed by atoms with Crippen LogP contribution in [0.4, 0.5) is 0 Å². The zero-order chi connectivity index (χ0) is 35.8. The van der Waals surface area contributed by atoms with Gasteiger partial charge in [-0.2, -0.15) is 25.3 Å². The summed E-state index contributed by atoms with van der Waals surface area (Å²) in [7, 11) is -15.6. The molecule has 0 bridgehead atoms. The lowest BCUT2D eigenvalue weighted by molar-refractivity contribution is -0.179. The van der Waals surface area contributed by atoms with Crippen LogP contribution < -0.4 is 0 Å². The average molecular weight is 853 g/mol. The number of hydrogen-bond acceptors (Lipinski definition) is 11. The van der Waals surface area contributed by atoms with E-state index in [4.69, 9.17) is 12.8 Å². The molecule has 48 heavy (non-hydrogen) atoms. The molecule has 1 heterocycles. The summed E-state index contributed by atoms with van der Waals surface area (Å²) in [5, 5.41) is 11.6. The van der Waals surface area contributed by atoms with Crippen molar-refractivity contribution in [1.29, 1.82) is 0 Å². The van der Waals surface area contributed by atoms with Crippen LogP contribution in [0.1, 0.15) is 91.0 Å². The van der Waals surface area contributed by atoms with Crippen LogP contribution in [0.25, 0.3) is 0 Å². The highest BCUT2D eigenvalue weighted by atomic mass is 127. The number of fused-ring (bicyclic) bond motifs is 5. The van der Waals surface area contributed by atoms with Crippen molar-refractivity contribution in [2.24, 2.45) is 39.9 Å². The zero-order valence-corrected chi connectivity index (χ0v) is 32.0. The van der Waals surface area contributed by atoms with Crippen molar-refractivity contribution in [3.63, 3.8) is 0 Å². The maximum absolute atomic E-state index is 12.2. The minimum absolute atomic E-state index is 0.0362. The molecule has 4 aliphatic rings. The lowest BCUT2D eigenvalue weighted by Crippen LogP contribution is -2.65. The first-order valence-corrected chi connectivity index (χ1v) is 21.2. The summed E-state index contributed by atoms with van der Waals surface area (Å²) < 4.78 is 122. The van der Waals surface area contributed by atoms with E-state index >= 15 is 0 Å². The second-order valence-electron chi connectivity index (χ2n) is 15.0. The third-order valence-electron chi connectivity index (χ3n) is 12.6. The normalized spacial score (nSPS) is 40.0. The highest BCUT2D eigenvalue weighted by molar-refractivity contribution is 14.1. The second kappa shape index (κ2) is 13.1. The fourth-order valence-electron chi connectivity index (χ4n) is 10.3. The Morgan fingerprint density at radius 3 is 2.10 bits per heavy atom. The molecule has 12 atom stereocenters. The van der Waals surface area contributed by atoms with Gasteiger partial charge < -0.3 is 9.52 Å². The van der Waals surface area contributed by atoms with E-state index in [0.29, 0.717) is 24.2 Å². The molecule has 0 aliphatic heterocycles. The smallest absolute Gasteiger partial charge is 0.397 e. The quantitative estimate of drug-likeness (QED) is 0.129. The van der Waals surface area contributed by atoms with Gasteiger partial charge in [0, 0.05) is 11.5 Å². The van der Waals surface area contributed by atoms with E-state index in [2.05, 4.69) is 60.5 Å². The molecule has 0 amide bonds. The van der Waals surface area contributed by atoms with Crippen molar-refractivity contribution in [3.05, 3.63) is 33.3 Å². The van der Waals surface area contributed by atoms with Crippen LogP contribution in [0, 0.1) is 43.7 Å². The molecule has 274 valence electrons. The summed E-state index contributed by atoms with van der Waals surface area (Å²) in [6, 6.07) is 2.01. The molecule has 14 nitrogen and oxygen atoms in total. The summed E-state index contributed by atoms with van der Waals surface area (Å²) in [4.78, 5) is 0. The first-order valence-electron chi connectivity index (χ1n) is 16.0. The Bertz CT molecular complexity index is 1740. The molecule has 0 radical (unpaired) electrons. The maximum Gasteiger partial charge on any atom is 0.397 e. The summed E-state index contributed by atoms with van der Waals surface area (Å²) in [6.45, 7) is 10.5. The Morgan fingerprint density at radius 1 is 0.938 bits per heavy atom. The van der Waals surface area contributed by atoms with Crippen molar-refractivity contribution in [3.8, 4) is 0 Å². The number of allylic oxidation sites excluding steroid dienone is 2. The standard InChI is InChI=1S/C30H45IO14S3/c1-16(18-10-13-42-27(18)31)6-7-17(2)19-8-11-30(5)21-14-22(43-46(33,34)35)24-25(32)26(45-48(39,40)41)23(44-47(36,37)38)15-28(24,3)20(21)9-12-29(19,30)4/h9-10,13,16-17,19,21-26,32H,6-8,11-12,14-15H2,1-5H3,(H,33,34,35)(H,36,37,38)(H,39,40,41)/t16?,17-,19-,21-,22+,23+,24+,25-,26-,28-,29-,30+/m1/s1. The highest BCUT2D eigenvalue weighted by Crippen LogP contribution is 2.72. The Balaban J connectivity index is 1.52. The van der Waals surface area contributed by atoms with Gasteiger partial charge in [0.25, 0.3) is 0 Å². The Hall–Kier alpha value is -0.680. The van der Waals surface area contributed by atoms with Gasteiger partial charge in [-0.25, -0.2) is 12.5 Å². The second-order valence-corrected chi connectivity index (χ2v) is 19.1. The van der Waals surface area contributed by atoms with Crippen LogP contribution in [0.15, 0.2) is 28.4 Å². The van der Waals surface area contributed by atoms with Crippen molar-refractivity contribution < 1.29 is 61.0 Å². The van der Waals surface area contributed by atoms with Gasteiger partial charge in [0.2, 0.25) is 0 Å². The molecule has 4 aliphatic carbocycles. The van der Waals surface area contributed by atoms with Gasteiger partial charge >= 0.3 is 31.2 Å². The van der Waals surface area contributed by atoms with Gasteiger partial charge in [0.05, 0.1) is 18.5 Å². The van der Waals surface area contributed by atoms with E-state index in [1.807, 2.05) is 6.07 Å². The van der Waals surface area contributed by atoms with E-state index in [1.54, 1.807) is 13.2 Å². The Kier molecular flexibility index (Phi) is 10.5. The van der Waals surface area contributed by atoms with Gasteiger partial charge in [-0.15, -0.1) is 0 Å². The number of rotatable bonds is 11. The monoisotopic (exact) mass is 852 g/mol. The van der Waals surface area contributed by atoms with Crippen molar-refractivity contribution in [2.45, 2.75) is 110 Å². The van der Waals surface area contributed by atoms with E-state index in [9.17, 15) is 44.0 Å². The van der Waals surface area contributed by atoms with Crippen molar-refractivity contribution in [1.82, 2.24) is 0 Å². The average Bonchev–Trinajstić information content (AvgIpc) is 3.47. The number of furan rings is 1. The fourth-order valence-corrected chi connectivity index (χ4v) is 12.6. The zero-order valence-electron chi connectivity index (χ0n) is 27.4. The SMILES string of the molecule is CC(CC[C@@H](C)[C@H]1CC[C@@]2(C)[C@@H]3C[C@H](OS(=O)(=O)O)[C@H]4[C@@H](O)[C@H](OS(=O)(=O)O)[C@@H](OS(=O)(=O)O)C[C@]4(C)C3=CC[C@]12C)c1ccoc1I. The number of halogens is 1. The number of aliphatic hydroxyl groups excluding tert-OH is 1.